The summed E-state index contributed by atoms with van der Waals surface area (Å²) in [5.74, 6) is -1.45. The van der Waals surface area contributed by atoms with Crippen molar-refractivity contribution < 1.29 is 19.1 Å². The van der Waals surface area contributed by atoms with Gasteiger partial charge in [-0.1, -0.05) is 0 Å². The van der Waals surface area contributed by atoms with Crippen molar-refractivity contribution in [1.29, 1.82) is 0 Å². The lowest BCUT2D eigenvalue weighted by atomic mass is 10.2. The van der Waals surface area contributed by atoms with Crippen LogP contribution in [-0.4, -0.2) is 39.0 Å². The Balaban J connectivity index is 2.03. The van der Waals surface area contributed by atoms with Crippen LogP contribution in [0.2, 0.25) is 0 Å². The summed E-state index contributed by atoms with van der Waals surface area (Å²) in [6, 6.07) is 2.74. The van der Waals surface area contributed by atoms with E-state index in [2.05, 4.69) is 15.3 Å². The van der Waals surface area contributed by atoms with Crippen LogP contribution in [0.5, 0.6) is 0 Å². The maximum absolute atomic E-state index is 13.7. The molecule has 3 N–H and O–H groups in total. The fraction of sp³-hybridized carbons (Fsp3) is 0.154. The van der Waals surface area contributed by atoms with E-state index in [1.54, 1.807) is 12.4 Å². The summed E-state index contributed by atoms with van der Waals surface area (Å²) in [4.78, 5) is 30.7. The lowest BCUT2D eigenvalue weighted by Gasteiger charge is -2.17. The number of anilines is 1. The number of nitrogens with zero attached hydrogens (tertiary/aromatic N) is 2. The van der Waals surface area contributed by atoms with Gasteiger partial charge in [-0.2, -0.15) is 0 Å². The largest absolute Gasteiger partial charge is 0.478 e. The zero-order valence-corrected chi connectivity index (χ0v) is 11.1. The number of nitrogens with one attached hydrogen (secondary N) is 2. The molecule has 0 radical (unpaired) electrons. The molecule has 2 aromatic rings. The second kappa shape index (κ2) is 6.04. The topological polar surface area (TPSA) is 98.3 Å². The molecule has 0 aliphatic carbocycles. The Morgan fingerprint density at radius 3 is 2.81 bits per heavy atom. The Morgan fingerprint density at radius 2 is 2.24 bits per heavy atom. The van der Waals surface area contributed by atoms with Crippen LogP contribution < -0.4 is 5.32 Å². The number of H-pyrrole nitrogens is 1. The molecule has 0 unspecified atom stereocenters. The molecule has 21 heavy (non-hydrogen) atoms. The number of aromatic carboxylic acids is 1. The van der Waals surface area contributed by atoms with E-state index in [-0.39, 0.29) is 17.8 Å². The van der Waals surface area contributed by atoms with Gasteiger partial charge in [-0.25, -0.2) is 19.0 Å². The number of amides is 2. The van der Waals surface area contributed by atoms with Gasteiger partial charge in [-0.15, -0.1) is 0 Å². The third kappa shape index (κ3) is 3.56. The Labute approximate surface area is 119 Å². The molecule has 0 spiro atoms. The third-order valence-electron chi connectivity index (χ3n) is 2.75. The van der Waals surface area contributed by atoms with Crippen LogP contribution in [0.1, 0.15) is 16.2 Å². The van der Waals surface area contributed by atoms with Crippen LogP contribution >= 0.6 is 0 Å². The number of aromatic amines is 1. The summed E-state index contributed by atoms with van der Waals surface area (Å²) in [5, 5.41) is 11.1. The monoisotopic (exact) mass is 292 g/mol. The van der Waals surface area contributed by atoms with Gasteiger partial charge in [-0.3, -0.25) is 0 Å². The standard InChI is InChI=1S/C13H13FN4O3/c1-18(7-11-15-4-5-16-11)13(21)17-10-3-2-8(12(19)20)6-9(10)14/h2-6H,7H2,1H3,(H,15,16)(H,17,21)(H,19,20). The SMILES string of the molecule is CN(Cc1ncc[nH]1)C(=O)Nc1ccc(C(=O)O)cc1F. The van der Waals surface area contributed by atoms with Crippen molar-refractivity contribution in [3.63, 3.8) is 0 Å². The van der Waals surface area contributed by atoms with E-state index in [0.717, 1.165) is 6.07 Å². The highest BCUT2D eigenvalue weighted by Crippen LogP contribution is 2.16. The van der Waals surface area contributed by atoms with Crippen LogP contribution in [0.15, 0.2) is 30.6 Å². The molecule has 2 amide bonds. The molecule has 8 heteroatoms. The average Bonchev–Trinajstić information content (AvgIpc) is 2.93. The Hall–Kier alpha value is -2.90. The van der Waals surface area contributed by atoms with E-state index in [1.165, 1.54) is 24.1 Å². The van der Waals surface area contributed by atoms with Crippen molar-refractivity contribution in [2.45, 2.75) is 6.54 Å². The summed E-state index contributed by atoms with van der Waals surface area (Å²) in [7, 11) is 1.53. The fourth-order valence-corrected chi connectivity index (χ4v) is 1.64. The van der Waals surface area contributed by atoms with E-state index >= 15 is 0 Å². The van der Waals surface area contributed by atoms with E-state index in [9.17, 15) is 14.0 Å². The van der Waals surface area contributed by atoms with Gasteiger partial charge >= 0.3 is 12.0 Å². The predicted octanol–water partition coefficient (Wildman–Crippen LogP) is 1.91. The number of aromatic nitrogens is 2. The summed E-state index contributed by atoms with van der Waals surface area (Å²) in [6.07, 6.45) is 3.19. The van der Waals surface area contributed by atoms with E-state index in [4.69, 9.17) is 5.11 Å². The van der Waals surface area contributed by atoms with Crippen molar-refractivity contribution in [2.24, 2.45) is 0 Å². The molecular formula is C13H13FN4O3. The van der Waals surface area contributed by atoms with E-state index < -0.39 is 17.8 Å². The number of halogens is 1. The summed E-state index contributed by atoms with van der Waals surface area (Å²) in [5.41, 5.74) is -0.272. The summed E-state index contributed by atoms with van der Waals surface area (Å²) in [6.45, 7) is 0.230. The third-order valence-corrected chi connectivity index (χ3v) is 2.75. The number of benzene rings is 1. The minimum Gasteiger partial charge on any atom is -0.478 e. The second-order valence-corrected chi connectivity index (χ2v) is 4.32. The van der Waals surface area contributed by atoms with Gasteiger partial charge in [0.2, 0.25) is 0 Å². The molecule has 2 rings (SSSR count). The Morgan fingerprint density at radius 1 is 1.48 bits per heavy atom. The van der Waals surface area contributed by atoms with E-state index in [1.807, 2.05) is 0 Å². The van der Waals surface area contributed by atoms with Crippen LogP contribution in [0.4, 0.5) is 14.9 Å². The maximum Gasteiger partial charge on any atom is 0.335 e. The lowest BCUT2D eigenvalue weighted by Crippen LogP contribution is -2.31. The number of rotatable bonds is 4. The molecule has 1 heterocycles. The number of urea groups is 1. The number of imidazole rings is 1. The van der Waals surface area contributed by atoms with Crippen molar-refractivity contribution in [2.75, 3.05) is 12.4 Å². The predicted molar refractivity (Wildman–Crippen MR) is 72.4 cm³/mol. The molecule has 1 aromatic heterocycles. The molecule has 110 valence electrons. The molecule has 0 aliphatic heterocycles. The number of carbonyl (C=O) groups is 2. The van der Waals surface area contributed by atoms with Gasteiger partial charge < -0.3 is 20.3 Å². The molecule has 0 bridgehead atoms. The number of carbonyl (C=O) groups excluding carboxylic acids is 1. The van der Waals surface area contributed by atoms with Crippen LogP contribution in [0.25, 0.3) is 0 Å². The van der Waals surface area contributed by atoms with Gasteiger partial charge in [0.05, 0.1) is 17.8 Å². The molecule has 0 saturated heterocycles. The smallest absolute Gasteiger partial charge is 0.335 e. The van der Waals surface area contributed by atoms with Crippen molar-refractivity contribution in [3.8, 4) is 0 Å². The first-order valence-corrected chi connectivity index (χ1v) is 6.00. The molecule has 0 saturated carbocycles. The number of carboxylic acids is 1. The zero-order chi connectivity index (χ0) is 15.4. The highest BCUT2D eigenvalue weighted by atomic mass is 19.1. The zero-order valence-electron chi connectivity index (χ0n) is 11.1. The lowest BCUT2D eigenvalue weighted by molar-refractivity contribution is 0.0696. The van der Waals surface area contributed by atoms with Crippen molar-refractivity contribution >= 4 is 17.7 Å². The van der Waals surface area contributed by atoms with Gasteiger partial charge in [-0.05, 0) is 18.2 Å². The number of hydrogen-bond donors (Lipinski definition) is 3. The minimum atomic E-state index is -1.23. The first kappa shape index (κ1) is 14.5. The minimum absolute atomic E-state index is 0.0868. The highest BCUT2D eigenvalue weighted by molar-refractivity contribution is 5.91. The number of carboxylic acid groups (broad SMARTS) is 1. The summed E-state index contributed by atoms with van der Waals surface area (Å²) < 4.78 is 13.7. The second-order valence-electron chi connectivity index (χ2n) is 4.32. The number of hydrogen-bond acceptors (Lipinski definition) is 3. The molecule has 7 nitrogen and oxygen atoms in total. The molecule has 0 atom stereocenters. The fourth-order valence-electron chi connectivity index (χ4n) is 1.64. The molecule has 0 aliphatic rings. The van der Waals surface area contributed by atoms with Gasteiger partial charge in [0.15, 0.2) is 0 Å². The Kier molecular flexibility index (Phi) is 4.17. The normalized spacial score (nSPS) is 10.2. The quantitative estimate of drug-likeness (QED) is 0.801. The molecular weight excluding hydrogens is 279 g/mol. The van der Waals surface area contributed by atoms with Crippen molar-refractivity contribution in [1.82, 2.24) is 14.9 Å². The average molecular weight is 292 g/mol. The molecule has 1 aromatic carbocycles. The highest BCUT2D eigenvalue weighted by Gasteiger charge is 2.14. The summed E-state index contributed by atoms with van der Waals surface area (Å²) >= 11 is 0. The van der Waals surface area contributed by atoms with E-state index in [0.29, 0.717) is 5.82 Å². The Bertz CT molecular complexity index is 657. The maximum atomic E-state index is 13.7. The first-order valence-electron chi connectivity index (χ1n) is 6.00. The molecule has 0 fully saturated rings. The van der Waals surface area contributed by atoms with Gasteiger partial charge in [0, 0.05) is 19.4 Å². The van der Waals surface area contributed by atoms with Crippen LogP contribution in [0.3, 0.4) is 0 Å². The van der Waals surface area contributed by atoms with Crippen LogP contribution in [0, 0.1) is 5.82 Å². The van der Waals surface area contributed by atoms with Gasteiger partial charge in [0.25, 0.3) is 0 Å². The van der Waals surface area contributed by atoms with Gasteiger partial charge in [0.1, 0.15) is 11.6 Å². The first-order chi connectivity index (χ1) is 9.97. The van der Waals surface area contributed by atoms with Crippen LogP contribution in [-0.2, 0) is 6.54 Å². The van der Waals surface area contributed by atoms with Crippen molar-refractivity contribution in [3.05, 3.63) is 47.8 Å².